The number of rotatable bonds is 9. The van der Waals surface area contributed by atoms with Gasteiger partial charge in [-0.15, -0.1) is 0 Å². The second-order valence-corrected chi connectivity index (χ2v) is 17.8. The van der Waals surface area contributed by atoms with E-state index in [2.05, 4.69) is 38.3 Å². The average Bonchev–Trinajstić information content (AvgIpc) is 3.89. The Morgan fingerprint density at radius 2 is 1.59 bits per heavy atom. The highest BCUT2D eigenvalue weighted by Crippen LogP contribution is 2.38. The van der Waals surface area contributed by atoms with Gasteiger partial charge in [0, 0.05) is 56.9 Å². The average molecular weight is 867 g/mol. The molecule has 10 rings (SSSR count). The highest BCUT2D eigenvalue weighted by Gasteiger charge is 2.39. The number of carbonyl (C=O) groups excluding carboxylic acids is 3. The number of nitriles is 1. The lowest BCUT2D eigenvalue weighted by Crippen LogP contribution is -2.52. The zero-order valence-corrected chi connectivity index (χ0v) is 35.3. The normalized spacial score (nSPS) is 21.1. The number of likely N-dealkylation sites (tertiary alicyclic amines) is 1. The van der Waals surface area contributed by atoms with Crippen LogP contribution in [0.5, 0.6) is 11.5 Å². The molecule has 15 heteroatoms. The lowest BCUT2D eigenvalue weighted by molar-refractivity contribution is -0.136. The number of carbonyl (C=O) groups is 3. The summed E-state index contributed by atoms with van der Waals surface area (Å²) in [7, 11) is 0. The first kappa shape index (κ1) is 41.4. The molecule has 64 heavy (non-hydrogen) atoms. The van der Waals surface area contributed by atoms with Gasteiger partial charge in [-0.25, -0.2) is 13.8 Å². The van der Waals surface area contributed by atoms with Gasteiger partial charge >= 0.3 is 0 Å². The summed E-state index contributed by atoms with van der Waals surface area (Å²) in [5, 5.41) is 12.6. The fourth-order valence-electron chi connectivity index (χ4n) is 10.3. The number of ether oxygens (including phenoxy) is 1. The predicted molar refractivity (Wildman–Crippen MR) is 236 cm³/mol. The summed E-state index contributed by atoms with van der Waals surface area (Å²) >= 11 is 0. The Kier molecular flexibility index (Phi) is 11.1. The van der Waals surface area contributed by atoms with Crippen LogP contribution in [0.15, 0.2) is 83.9 Å². The Balaban J connectivity index is 0.731. The third-order valence-corrected chi connectivity index (χ3v) is 13.9. The SMILES string of the molecule is N#Cc1c(N2CC[C@@H](F)C2)ccc(F)c1Oc1ccc2ncn(-c3ccc(C4CCN(CC5CCN(c6ccc7c(c6)CN(C6CCC(=O)NC6=O)C7=O)CC5)CC4)cc3)c(=O)c2c1. The summed E-state index contributed by atoms with van der Waals surface area (Å²) in [4.78, 5) is 64.0. The molecular formula is C49H48F2N8O5. The summed E-state index contributed by atoms with van der Waals surface area (Å²) in [6, 6.07) is 22.9. The lowest BCUT2D eigenvalue weighted by Gasteiger charge is -2.38. The van der Waals surface area contributed by atoms with Crippen molar-refractivity contribution in [3.63, 3.8) is 0 Å². The van der Waals surface area contributed by atoms with Gasteiger partial charge in [0.25, 0.3) is 11.5 Å². The van der Waals surface area contributed by atoms with Crippen molar-refractivity contribution in [2.75, 3.05) is 55.6 Å². The number of imide groups is 1. The molecule has 0 bridgehead atoms. The fraction of sp³-hybridized carbons (Fsp3) is 0.388. The second-order valence-electron chi connectivity index (χ2n) is 17.8. The van der Waals surface area contributed by atoms with Crippen molar-refractivity contribution in [1.82, 2.24) is 24.7 Å². The van der Waals surface area contributed by atoms with Crippen molar-refractivity contribution < 1.29 is 27.9 Å². The second kappa shape index (κ2) is 17.1. The van der Waals surface area contributed by atoms with Crippen LogP contribution in [0.3, 0.4) is 0 Å². The Morgan fingerprint density at radius 3 is 2.33 bits per heavy atom. The summed E-state index contributed by atoms with van der Waals surface area (Å²) in [6.07, 6.45) is 5.68. The molecule has 4 fully saturated rings. The summed E-state index contributed by atoms with van der Waals surface area (Å²) in [5.74, 6) is -0.647. The number of nitrogens with zero attached hydrogens (tertiary/aromatic N) is 7. The van der Waals surface area contributed by atoms with Gasteiger partial charge in [0.05, 0.1) is 22.3 Å². The molecule has 0 aliphatic carbocycles. The predicted octanol–water partition coefficient (Wildman–Crippen LogP) is 6.59. The highest BCUT2D eigenvalue weighted by atomic mass is 19.1. The van der Waals surface area contributed by atoms with Crippen LogP contribution in [0.1, 0.15) is 77.9 Å². The molecule has 1 N–H and O–H groups in total. The van der Waals surface area contributed by atoms with Gasteiger partial charge in [-0.3, -0.25) is 29.1 Å². The zero-order valence-electron chi connectivity index (χ0n) is 35.3. The number of benzene rings is 4. The smallest absolute Gasteiger partial charge is 0.265 e. The first-order chi connectivity index (χ1) is 31.1. The van der Waals surface area contributed by atoms with Crippen LogP contribution in [-0.2, 0) is 16.1 Å². The molecule has 5 aromatic rings. The van der Waals surface area contributed by atoms with E-state index in [1.807, 2.05) is 30.3 Å². The van der Waals surface area contributed by atoms with E-state index >= 15 is 4.39 Å². The van der Waals surface area contributed by atoms with Gasteiger partial charge in [0.15, 0.2) is 11.6 Å². The minimum Gasteiger partial charge on any atom is -0.453 e. The summed E-state index contributed by atoms with van der Waals surface area (Å²) in [6.45, 7) is 5.92. The van der Waals surface area contributed by atoms with Crippen LogP contribution < -0.4 is 25.4 Å². The van der Waals surface area contributed by atoms with Crippen LogP contribution in [0.25, 0.3) is 16.6 Å². The molecule has 2 atom stereocenters. The van der Waals surface area contributed by atoms with Crippen molar-refractivity contribution in [3.8, 4) is 23.3 Å². The molecule has 5 aliphatic rings. The van der Waals surface area contributed by atoms with E-state index in [1.54, 1.807) is 21.9 Å². The highest BCUT2D eigenvalue weighted by molar-refractivity contribution is 6.05. The van der Waals surface area contributed by atoms with E-state index in [9.17, 15) is 28.8 Å². The van der Waals surface area contributed by atoms with Gasteiger partial charge in [-0.2, -0.15) is 5.26 Å². The number of hydrogen-bond donors (Lipinski definition) is 1. The van der Waals surface area contributed by atoms with Crippen molar-refractivity contribution in [2.45, 2.75) is 69.6 Å². The van der Waals surface area contributed by atoms with Crippen LogP contribution in [0.4, 0.5) is 20.2 Å². The van der Waals surface area contributed by atoms with Crippen LogP contribution in [0, 0.1) is 23.1 Å². The summed E-state index contributed by atoms with van der Waals surface area (Å²) in [5.41, 5.74) is 5.09. The molecule has 4 aromatic carbocycles. The van der Waals surface area contributed by atoms with E-state index in [1.165, 1.54) is 34.7 Å². The number of aromatic nitrogens is 2. The number of nitrogens with one attached hydrogen (secondary N) is 1. The van der Waals surface area contributed by atoms with E-state index < -0.39 is 23.9 Å². The minimum atomic E-state index is -1.02. The van der Waals surface area contributed by atoms with E-state index in [0.717, 1.165) is 69.7 Å². The number of hydrogen-bond acceptors (Lipinski definition) is 10. The van der Waals surface area contributed by atoms with Crippen molar-refractivity contribution in [2.24, 2.45) is 5.92 Å². The molecule has 1 aromatic heterocycles. The Labute approximate surface area is 368 Å². The Morgan fingerprint density at radius 1 is 0.828 bits per heavy atom. The Hall–Kier alpha value is -6.66. The number of fused-ring (bicyclic) bond motifs is 2. The fourth-order valence-corrected chi connectivity index (χ4v) is 10.3. The summed E-state index contributed by atoms with van der Waals surface area (Å²) < 4.78 is 36.5. The van der Waals surface area contributed by atoms with Gasteiger partial charge in [-0.05, 0) is 135 Å². The molecule has 1 unspecified atom stereocenters. The number of alkyl halides is 1. The van der Waals surface area contributed by atoms with Crippen molar-refractivity contribution in [3.05, 3.63) is 118 Å². The minimum absolute atomic E-state index is 0.0292. The van der Waals surface area contributed by atoms with Crippen LogP contribution in [-0.4, -0.2) is 95.1 Å². The van der Waals surface area contributed by atoms with Crippen molar-refractivity contribution >= 4 is 40.0 Å². The maximum atomic E-state index is 15.1. The van der Waals surface area contributed by atoms with E-state index in [4.69, 9.17) is 4.74 Å². The van der Waals surface area contributed by atoms with E-state index in [-0.39, 0.29) is 52.8 Å². The molecule has 13 nitrogen and oxygen atoms in total. The first-order valence-electron chi connectivity index (χ1n) is 22.3. The first-order valence-corrected chi connectivity index (χ1v) is 22.3. The van der Waals surface area contributed by atoms with E-state index in [0.29, 0.717) is 60.2 Å². The van der Waals surface area contributed by atoms with Crippen LogP contribution >= 0.6 is 0 Å². The standard InChI is InChI=1S/C49H48F2N8O5/c50-34-17-22-57(28-34)43-10-8-41(51)46(40(43)25-52)64-37-6-9-42-39(24-37)49(63)59(29-53-42)35-3-1-31(2-4-35)32-15-18-55(19-16-32)26-30-13-20-56(21-14-30)36-5-7-38-33(23-36)27-58(48(38)62)44-11-12-45(60)54-47(44)61/h1-10,23-24,29-30,32,34,44H,11-22,26-28H2,(H,54,60,61)/t34-,44?/m1/s1. The molecule has 5 aliphatic heterocycles. The monoisotopic (exact) mass is 866 g/mol. The maximum Gasteiger partial charge on any atom is 0.265 e. The number of anilines is 2. The third-order valence-electron chi connectivity index (χ3n) is 13.9. The number of halogens is 2. The molecule has 0 saturated carbocycles. The zero-order chi connectivity index (χ0) is 44.1. The molecule has 0 radical (unpaired) electrons. The van der Waals surface area contributed by atoms with Crippen molar-refractivity contribution in [1.29, 1.82) is 5.26 Å². The van der Waals surface area contributed by atoms with Gasteiger partial charge < -0.3 is 24.3 Å². The molecular weight excluding hydrogens is 819 g/mol. The van der Waals surface area contributed by atoms with Crippen LogP contribution in [0.2, 0.25) is 0 Å². The Bertz CT molecular complexity index is 2760. The lowest BCUT2D eigenvalue weighted by atomic mass is 9.88. The quantitative estimate of drug-likeness (QED) is 0.161. The molecule has 6 heterocycles. The number of piperidine rings is 3. The largest absolute Gasteiger partial charge is 0.453 e. The third kappa shape index (κ3) is 7.95. The molecule has 3 amide bonds. The van der Waals surface area contributed by atoms with Gasteiger partial charge in [0.2, 0.25) is 11.8 Å². The molecule has 4 saturated heterocycles. The molecule has 328 valence electrons. The maximum absolute atomic E-state index is 15.1. The van der Waals surface area contributed by atoms with Gasteiger partial charge in [-0.1, -0.05) is 12.1 Å². The molecule has 0 spiro atoms. The van der Waals surface area contributed by atoms with Gasteiger partial charge in [0.1, 0.15) is 35.9 Å². The number of amides is 3. The topological polar surface area (TPSA) is 144 Å².